The standard InChI is InChI=1S/C27H25FN4O2/c1-16-11-26(31-23-9-7-21(15-29)25(28)14-23)24-13-20(8-10-27(24)32(16)18(3)34)19-5-4-6-22(12-19)30-17(2)33/h4-10,12-14,16,26,31H,11H2,1-3H3,(H,30,33)/t16-,26+/m0/s1. The van der Waals surface area contributed by atoms with E-state index in [1.165, 1.54) is 19.1 Å². The van der Waals surface area contributed by atoms with Gasteiger partial charge in [-0.2, -0.15) is 5.26 Å². The predicted octanol–water partition coefficient (Wildman–Crippen LogP) is 5.62. The van der Waals surface area contributed by atoms with Gasteiger partial charge in [-0.25, -0.2) is 4.39 Å². The third-order valence-corrected chi connectivity index (χ3v) is 5.97. The van der Waals surface area contributed by atoms with Crippen molar-refractivity contribution in [3.05, 3.63) is 77.6 Å². The van der Waals surface area contributed by atoms with E-state index in [1.807, 2.05) is 55.5 Å². The van der Waals surface area contributed by atoms with Crippen LogP contribution in [0.15, 0.2) is 60.7 Å². The number of amides is 2. The molecule has 1 aliphatic rings. The maximum absolute atomic E-state index is 14.2. The Balaban J connectivity index is 1.76. The number of halogens is 1. The Morgan fingerprint density at radius 1 is 1.03 bits per heavy atom. The first kappa shape index (κ1) is 23.0. The molecule has 0 aromatic heterocycles. The van der Waals surface area contributed by atoms with Crippen molar-refractivity contribution < 1.29 is 14.0 Å². The van der Waals surface area contributed by atoms with Crippen LogP contribution >= 0.6 is 0 Å². The molecule has 2 N–H and O–H groups in total. The summed E-state index contributed by atoms with van der Waals surface area (Å²) in [6.45, 7) is 5.00. The van der Waals surface area contributed by atoms with E-state index in [4.69, 9.17) is 5.26 Å². The minimum absolute atomic E-state index is 0.00736. The first-order valence-corrected chi connectivity index (χ1v) is 11.0. The van der Waals surface area contributed by atoms with E-state index in [-0.39, 0.29) is 29.5 Å². The number of benzene rings is 3. The van der Waals surface area contributed by atoms with Gasteiger partial charge in [0.1, 0.15) is 11.9 Å². The molecule has 1 aliphatic heterocycles. The molecule has 0 spiro atoms. The van der Waals surface area contributed by atoms with Crippen LogP contribution in [0, 0.1) is 17.1 Å². The lowest BCUT2D eigenvalue weighted by atomic mass is 9.88. The van der Waals surface area contributed by atoms with Crippen LogP contribution in [-0.4, -0.2) is 17.9 Å². The molecule has 2 amide bonds. The Morgan fingerprint density at radius 3 is 2.47 bits per heavy atom. The van der Waals surface area contributed by atoms with Crippen LogP contribution in [0.25, 0.3) is 11.1 Å². The number of fused-ring (bicyclic) bond motifs is 1. The molecule has 34 heavy (non-hydrogen) atoms. The largest absolute Gasteiger partial charge is 0.378 e. The zero-order valence-corrected chi connectivity index (χ0v) is 19.2. The summed E-state index contributed by atoms with van der Waals surface area (Å²) in [4.78, 5) is 25.7. The number of nitrogens with one attached hydrogen (secondary N) is 2. The van der Waals surface area contributed by atoms with Crippen molar-refractivity contribution >= 4 is 28.9 Å². The minimum atomic E-state index is -0.578. The van der Waals surface area contributed by atoms with E-state index in [1.54, 1.807) is 17.9 Å². The number of carbonyl (C=O) groups is 2. The predicted molar refractivity (Wildman–Crippen MR) is 131 cm³/mol. The van der Waals surface area contributed by atoms with Gasteiger partial charge in [0, 0.05) is 37.0 Å². The third-order valence-electron chi connectivity index (χ3n) is 5.97. The zero-order chi connectivity index (χ0) is 24.4. The Kier molecular flexibility index (Phi) is 6.33. The summed E-state index contributed by atoms with van der Waals surface area (Å²) in [5.41, 5.74) is 4.83. The van der Waals surface area contributed by atoms with Crippen molar-refractivity contribution in [3.8, 4) is 17.2 Å². The fourth-order valence-corrected chi connectivity index (χ4v) is 4.54. The van der Waals surface area contributed by atoms with E-state index in [2.05, 4.69) is 10.6 Å². The van der Waals surface area contributed by atoms with Crippen molar-refractivity contribution in [3.63, 3.8) is 0 Å². The molecule has 0 unspecified atom stereocenters. The molecule has 0 saturated heterocycles. The molecule has 0 radical (unpaired) electrons. The average Bonchev–Trinajstić information content (AvgIpc) is 2.78. The van der Waals surface area contributed by atoms with Crippen LogP contribution in [0.5, 0.6) is 0 Å². The van der Waals surface area contributed by atoms with Crippen LogP contribution in [-0.2, 0) is 9.59 Å². The number of rotatable bonds is 4. The van der Waals surface area contributed by atoms with E-state index >= 15 is 0 Å². The summed E-state index contributed by atoms with van der Waals surface area (Å²) in [5, 5.41) is 15.2. The molecular weight excluding hydrogens is 431 g/mol. The van der Waals surface area contributed by atoms with Crippen molar-refractivity contribution in [1.29, 1.82) is 5.26 Å². The lowest BCUT2D eigenvalue weighted by Crippen LogP contribution is -2.43. The monoisotopic (exact) mass is 456 g/mol. The topological polar surface area (TPSA) is 85.2 Å². The van der Waals surface area contributed by atoms with Crippen molar-refractivity contribution in [2.45, 2.75) is 39.3 Å². The highest BCUT2D eigenvalue weighted by atomic mass is 19.1. The first-order chi connectivity index (χ1) is 16.3. The smallest absolute Gasteiger partial charge is 0.224 e. The lowest BCUT2D eigenvalue weighted by Gasteiger charge is -2.39. The molecule has 0 aliphatic carbocycles. The summed E-state index contributed by atoms with van der Waals surface area (Å²) >= 11 is 0. The molecule has 3 aromatic rings. The van der Waals surface area contributed by atoms with Crippen LogP contribution in [0.1, 0.15) is 44.4 Å². The van der Waals surface area contributed by atoms with Gasteiger partial charge >= 0.3 is 0 Å². The number of carbonyl (C=O) groups excluding carboxylic acids is 2. The normalized spacial score (nSPS) is 16.9. The molecule has 0 saturated carbocycles. The Hall–Kier alpha value is -4.18. The number of nitrogens with zero attached hydrogens (tertiary/aromatic N) is 2. The van der Waals surface area contributed by atoms with Crippen LogP contribution in [0.2, 0.25) is 0 Å². The Morgan fingerprint density at radius 2 is 1.79 bits per heavy atom. The second-order valence-electron chi connectivity index (χ2n) is 8.51. The van der Waals surface area contributed by atoms with Gasteiger partial charge in [0.25, 0.3) is 0 Å². The second-order valence-corrected chi connectivity index (χ2v) is 8.51. The number of hydrogen-bond donors (Lipinski definition) is 2. The number of hydrogen-bond acceptors (Lipinski definition) is 4. The van der Waals surface area contributed by atoms with Gasteiger partial charge in [-0.1, -0.05) is 18.2 Å². The van der Waals surface area contributed by atoms with Gasteiger partial charge in [-0.15, -0.1) is 0 Å². The first-order valence-electron chi connectivity index (χ1n) is 11.0. The molecule has 0 bridgehead atoms. The van der Waals surface area contributed by atoms with E-state index < -0.39 is 5.82 Å². The van der Waals surface area contributed by atoms with Crippen LogP contribution < -0.4 is 15.5 Å². The Bertz CT molecular complexity index is 1310. The maximum atomic E-state index is 14.2. The molecule has 172 valence electrons. The SMILES string of the molecule is CC(=O)Nc1cccc(-c2ccc3c(c2)[C@H](Nc2ccc(C#N)c(F)c2)C[C@H](C)N3C(C)=O)c1. The van der Waals surface area contributed by atoms with E-state index in [0.29, 0.717) is 17.8 Å². The van der Waals surface area contributed by atoms with Gasteiger partial charge < -0.3 is 15.5 Å². The fourth-order valence-electron chi connectivity index (χ4n) is 4.54. The van der Waals surface area contributed by atoms with E-state index in [9.17, 15) is 14.0 Å². The highest BCUT2D eigenvalue weighted by molar-refractivity contribution is 5.94. The molecule has 6 nitrogen and oxygen atoms in total. The molecule has 2 atom stereocenters. The van der Waals surface area contributed by atoms with Gasteiger partial charge in [-0.3, -0.25) is 9.59 Å². The minimum Gasteiger partial charge on any atom is -0.378 e. The quantitative estimate of drug-likeness (QED) is 0.534. The highest BCUT2D eigenvalue weighted by Gasteiger charge is 2.32. The fraction of sp³-hybridized carbons (Fsp3) is 0.222. The number of anilines is 3. The summed E-state index contributed by atoms with van der Waals surface area (Å²) in [6, 6.07) is 19.5. The molecular formula is C27H25FN4O2. The Labute approximate surface area is 198 Å². The summed E-state index contributed by atoms with van der Waals surface area (Å²) in [7, 11) is 0. The van der Waals surface area contributed by atoms with Gasteiger partial charge in [0.2, 0.25) is 11.8 Å². The number of nitriles is 1. The summed E-state index contributed by atoms with van der Waals surface area (Å²) in [5.74, 6) is -0.768. The van der Waals surface area contributed by atoms with Gasteiger partial charge in [0.05, 0.1) is 11.6 Å². The third kappa shape index (κ3) is 4.62. The van der Waals surface area contributed by atoms with Crippen molar-refractivity contribution in [1.82, 2.24) is 0 Å². The van der Waals surface area contributed by atoms with Crippen LogP contribution in [0.4, 0.5) is 21.5 Å². The highest BCUT2D eigenvalue weighted by Crippen LogP contribution is 2.41. The molecule has 1 heterocycles. The summed E-state index contributed by atoms with van der Waals surface area (Å²) in [6.07, 6.45) is 0.629. The van der Waals surface area contributed by atoms with Crippen molar-refractivity contribution in [2.75, 3.05) is 15.5 Å². The molecule has 3 aromatic carbocycles. The average molecular weight is 457 g/mol. The van der Waals surface area contributed by atoms with Gasteiger partial charge in [-0.05, 0) is 72.5 Å². The second kappa shape index (κ2) is 9.36. The van der Waals surface area contributed by atoms with Crippen molar-refractivity contribution in [2.24, 2.45) is 0 Å². The zero-order valence-electron chi connectivity index (χ0n) is 19.2. The molecule has 4 rings (SSSR count). The van der Waals surface area contributed by atoms with Crippen LogP contribution in [0.3, 0.4) is 0 Å². The molecule has 0 fully saturated rings. The molecule has 7 heteroatoms. The lowest BCUT2D eigenvalue weighted by molar-refractivity contribution is -0.117. The summed E-state index contributed by atoms with van der Waals surface area (Å²) < 4.78 is 14.2. The maximum Gasteiger partial charge on any atom is 0.224 e. The van der Waals surface area contributed by atoms with Gasteiger partial charge in [0.15, 0.2) is 0 Å². The van der Waals surface area contributed by atoms with E-state index in [0.717, 1.165) is 22.4 Å².